The molecule has 0 fully saturated rings. The number of nitrogens with zero attached hydrogens (tertiary/aromatic N) is 2. The number of carbonyl (C=O) groups is 1. The Kier molecular flexibility index (Phi) is 10.1. The molecule has 1 atom stereocenters. The molecule has 1 aliphatic heterocycles. The summed E-state index contributed by atoms with van der Waals surface area (Å²) in [6.45, 7) is 2.24. The van der Waals surface area contributed by atoms with Gasteiger partial charge in [0.1, 0.15) is 5.75 Å². The largest absolute Gasteiger partial charge is 0.493 e. The third kappa shape index (κ3) is 7.56. The Balaban J connectivity index is 1.25. The summed E-state index contributed by atoms with van der Waals surface area (Å²) in [5.74, 6) is 0.409. The van der Waals surface area contributed by atoms with Gasteiger partial charge < -0.3 is 14.4 Å². The summed E-state index contributed by atoms with van der Waals surface area (Å²) in [7, 11) is 1.49. The number of benzene rings is 4. The molecular formula is C36H40N2O5S. The first kappa shape index (κ1) is 31.4. The van der Waals surface area contributed by atoms with Crippen molar-refractivity contribution < 1.29 is 22.7 Å². The molecule has 0 saturated heterocycles. The lowest BCUT2D eigenvalue weighted by Crippen LogP contribution is -2.41. The predicted octanol–water partition coefficient (Wildman–Crippen LogP) is 5.37. The average Bonchev–Trinajstić information content (AvgIpc) is 3.04. The van der Waals surface area contributed by atoms with Gasteiger partial charge in [-0.2, -0.15) is 0 Å². The van der Waals surface area contributed by atoms with E-state index < -0.39 is 15.6 Å². The maximum atomic E-state index is 13.3. The van der Waals surface area contributed by atoms with Crippen LogP contribution in [0.4, 0.5) is 0 Å². The lowest BCUT2D eigenvalue weighted by Gasteiger charge is -2.37. The fraction of sp³-hybridized carbons (Fsp3) is 0.306. The molecule has 4 aromatic rings. The first-order chi connectivity index (χ1) is 21.3. The molecule has 1 heterocycles. The first-order valence-corrected chi connectivity index (χ1v) is 16.5. The number of methoxy groups -OCH3 is 2. The van der Waals surface area contributed by atoms with Gasteiger partial charge in [0.15, 0.2) is 27.1 Å². The zero-order valence-corrected chi connectivity index (χ0v) is 26.4. The van der Waals surface area contributed by atoms with Crippen LogP contribution in [0.15, 0.2) is 102 Å². The Morgan fingerprint density at radius 3 is 2.16 bits per heavy atom. The fourth-order valence-electron chi connectivity index (χ4n) is 5.92. The van der Waals surface area contributed by atoms with Crippen molar-refractivity contribution in [3.63, 3.8) is 0 Å². The van der Waals surface area contributed by atoms with Crippen molar-refractivity contribution in [2.24, 2.45) is 0 Å². The second kappa shape index (κ2) is 14.2. The molecule has 4 aromatic carbocycles. The third-order valence-corrected chi connectivity index (χ3v) is 9.87. The van der Waals surface area contributed by atoms with Crippen LogP contribution in [0.25, 0.3) is 0 Å². The molecule has 0 saturated carbocycles. The number of sulfone groups is 1. The van der Waals surface area contributed by atoms with Crippen molar-refractivity contribution in [1.29, 1.82) is 0 Å². The number of ketones is 1. The van der Waals surface area contributed by atoms with Gasteiger partial charge in [-0.05, 0) is 72.0 Å². The van der Waals surface area contributed by atoms with Gasteiger partial charge in [-0.25, -0.2) is 8.42 Å². The summed E-state index contributed by atoms with van der Waals surface area (Å²) in [6, 6.07) is 31.0. The molecule has 5 rings (SSSR count). The molecule has 230 valence electrons. The maximum Gasteiger partial charge on any atom is 0.185 e. The van der Waals surface area contributed by atoms with Crippen LogP contribution in [0.1, 0.15) is 33.9 Å². The lowest BCUT2D eigenvalue weighted by molar-refractivity contribution is -0.118. The molecule has 1 unspecified atom stereocenters. The molecule has 0 radical (unpaired) electrons. The molecule has 0 aromatic heterocycles. The summed E-state index contributed by atoms with van der Waals surface area (Å²) in [5, 5.41) is 0. The molecule has 0 aliphatic carbocycles. The van der Waals surface area contributed by atoms with Crippen molar-refractivity contribution in [3.05, 3.63) is 125 Å². The van der Waals surface area contributed by atoms with E-state index >= 15 is 0 Å². The minimum absolute atomic E-state index is 0.0247. The minimum Gasteiger partial charge on any atom is -0.493 e. The molecule has 0 bridgehead atoms. The summed E-state index contributed by atoms with van der Waals surface area (Å²) in [5.41, 5.74) is 5.49. The van der Waals surface area contributed by atoms with Crippen LogP contribution < -0.4 is 9.47 Å². The van der Waals surface area contributed by atoms with Crippen LogP contribution >= 0.6 is 0 Å². The summed E-state index contributed by atoms with van der Waals surface area (Å²) >= 11 is 0. The van der Waals surface area contributed by atoms with Crippen LogP contribution in [0, 0.1) is 0 Å². The van der Waals surface area contributed by atoms with Gasteiger partial charge in [0.2, 0.25) is 0 Å². The van der Waals surface area contributed by atoms with Crippen molar-refractivity contribution >= 4 is 15.6 Å². The highest BCUT2D eigenvalue weighted by Gasteiger charge is 2.32. The Hall–Kier alpha value is -3.98. The summed E-state index contributed by atoms with van der Waals surface area (Å²) in [6.07, 6.45) is 1.65. The van der Waals surface area contributed by atoms with E-state index in [2.05, 4.69) is 29.0 Å². The molecule has 1 aliphatic rings. The molecule has 44 heavy (non-hydrogen) atoms. The smallest absolute Gasteiger partial charge is 0.185 e. The van der Waals surface area contributed by atoms with Crippen molar-refractivity contribution in [1.82, 2.24) is 9.80 Å². The lowest BCUT2D eigenvalue weighted by atomic mass is 9.87. The molecule has 0 amide bonds. The van der Waals surface area contributed by atoms with E-state index in [9.17, 15) is 13.2 Å². The number of hydrogen-bond donors (Lipinski definition) is 0. The van der Waals surface area contributed by atoms with Gasteiger partial charge in [0, 0.05) is 19.6 Å². The highest BCUT2D eigenvalue weighted by Crippen LogP contribution is 2.41. The zero-order chi connectivity index (χ0) is 31.1. The maximum absolute atomic E-state index is 13.3. The van der Waals surface area contributed by atoms with Gasteiger partial charge in [-0.15, -0.1) is 0 Å². The number of fused-ring (bicyclic) bond motifs is 1. The number of likely N-dealkylation sites (N-methyl/N-ethyl adjacent to an activating group) is 1. The van der Waals surface area contributed by atoms with E-state index in [0.29, 0.717) is 31.0 Å². The van der Waals surface area contributed by atoms with Crippen LogP contribution in [0.3, 0.4) is 0 Å². The molecule has 7 nitrogen and oxygen atoms in total. The molecule has 0 spiro atoms. The Bertz CT molecular complexity index is 1660. The number of carbonyl (C=O) groups excluding carboxylic acids is 1. The van der Waals surface area contributed by atoms with E-state index in [1.807, 2.05) is 72.8 Å². The summed E-state index contributed by atoms with van der Waals surface area (Å²) < 4.78 is 37.7. The van der Waals surface area contributed by atoms with E-state index in [1.165, 1.54) is 5.56 Å². The standard InChI is InChI=1S/C36H40N2O5S/c1-37(20-18-27-10-6-4-7-11-27)24-28-14-16-32(17-15-28)44(40,41)26-31(39)25-38-21-19-30-22-34(42-2)35(43-3)23-33(30)36(38)29-12-8-5-9-13-29/h4-17,22-23,36H,18-21,24-26H2,1-3H3. The van der Waals surface area contributed by atoms with Crippen molar-refractivity contribution in [2.45, 2.75) is 30.3 Å². The summed E-state index contributed by atoms with van der Waals surface area (Å²) in [4.78, 5) is 17.8. The quantitative estimate of drug-likeness (QED) is 0.201. The SMILES string of the molecule is COc1cc2c(cc1OC)C(c1ccccc1)N(CC(=O)CS(=O)(=O)c1ccc(CN(C)CCc3ccccc3)cc1)CC2. The predicted molar refractivity (Wildman–Crippen MR) is 173 cm³/mol. The highest BCUT2D eigenvalue weighted by molar-refractivity contribution is 7.92. The minimum atomic E-state index is -3.79. The Morgan fingerprint density at radius 2 is 1.50 bits per heavy atom. The normalized spacial score (nSPS) is 15.1. The topological polar surface area (TPSA) is 76.1 Å². The zero-order valence-electron chi connectivity index (χ0n) is 25.6. The van der Waals surface area contributed by atoms with E-state index in [-0.39, 0.29) is 23.3 Å². The number of ether oxygens (including phenoxy) is 2. The first-order valence-electron chi connectivity index (χ1n) is 14.9. The fourth-order valence-corrected chi connectivity index (χ4v) is 7.15. The average molecular weight is 613 g/mol. The Labute approximate surface area is 261 Å². The number of rotatable bonds is 13. The van der Waals surface area contributed by atoms with Crippen LogP contribution in [0.5, 0.6) is 11.5 Å². The number of Topliss-reactive ketones (excluding diaryl/α,β-unsaturated/α-hetero) is 1. The van der Waals surface area contributed by atoms with Gasteiger partial charge in [-0.3, -0.25) is 9.69 Å². The van der Waals surface area contributed by atoms with Gasteiger partial charge >= 0.3 is 0 Å². The van der Waals surface area contributed by atoms with Gasteiger partial charge in [0.25, 0.3) is 0 Å². The molecule has 8 heteroatoms. The highest BCUT2D eigenvalue weighted by atomic mass is 32.2. The van der Waals surface area contributed by atoms with Crippen LogP contribution in [-0.2, 0) is 34.0 Å². The Morgan fingerprint density at radius 1 is 0.864 bits per heavy atom. The van der Waals surface area contributed by atoms with Crippen LogP contribution in [-0.4, -0.2) is 70.7 Å². The van der Waals surface area contributed by atoms with E-state index in [4.69, 9.17) is 9.47 Å². The van der Waals surface area contributed by atoms with E-state index in [1.54, 1.807) is 26.4 Å². The monoisotopic (exact) mass is 612 g/mol. The molecular weight excluding hydrogens is 572 g/mol. The van der Waals surface area contributed by atoms with E-state index in [0.717, 1.165) is 35.2 Å². The van der Waals surface area contributed by atoms with Crippen molar-refractivity contribution in [3.8, 4) is 11.5 Å². The second-order valence-electron chi connectivity index (χ2n) is 11.4. The third-order valence-electron chi connectivity index (χ3n) is 8.18. The molecule has 0 N–H and O–H groups in total. The van der Waals surface area contributed by atoms with Gasteiger partial charge in [-0.1, -0.05) is 72.8 Å². The van der Waals surface area contributed by atoms with Crippen LogP contribution in [0.2, 0.25) is 0 Å². The number of hydrogen-bond acceptors (Lipinski definition) is 7. The van der Waals surface area contributed by atoms with Crippen molar-refractivity contribution in [2.75, 3.05) is 46.7 Å². The second-order valence-corrected chi connectivity index (χ2v) is 13.3. The van der Waals surface area contributed by atoms with Gasteiger partial charge in [0.05, 0.1) is 31.7 Å².